The molecule has 1 aliphatic rings. The fourth-order valence-corrected chi connectivity index (χ4v) is 3.46. The van der Waals surface area contributed by atoms with Gasteiger partial charge in [-0.05, 0) is 12.8 Å². The van der Waals surface area contributed by atoms with Crippen molar-refractivity contribution in [2.75, 3.05) is 13.1 Å². The van der Waals surface area contributed by atoms with Crippen LogP contribution < -0.4 is 0 Å². The third-order valence-corrected chi connectivity index (χ3v) is 4.65. The number of aromatic nitrogens is 2. The summed E-state index contributed by atoms with van der Waals surface area (Å²) in [5.74, 6) is -0.192. The van der Waals surface area contributed by atoms with Gasteiger partial charge in [-0.2, -0.15) is 4.31 Å². The van der Waals surface area contributed by atoms with Crippen molar-refractivity contribution < 1.29 is 13.2 Å². The predicted octanol–water partition coefficient (Wildman–Crippen LogP) is 0.0197. The second-order valence-corrected chi connectivity index (χ2v) is 6.16. The maximum Gasteiger partial charge on any atom is 0.262 e. The van der Waals surface area contributed by atoms with E-state index in [9.17, 15) is 13.2 Å². The van der Waals surface area contributed by atoms with Gasteiger partial charge in [0.15, 0.2) is 5.03 Å². The van der Waals surface area contributed by atoms with Crippen molar-refractivity contribution in [1.82, 2.24) is 13.9 Å². The van der Waals surface area contributed by atoms with E-state index >= 15 is 0 Å². The van der Waals surface area contributed by atoms with Crippen molar-refractivity contribution >= 4 is 16.3 Å². The third-order valence-electron chi connectivity index (χ3n) is 2.90. The zero-order valence-electron chi connectivity index (χ0n) is 9.61. The number of rotatable bonds is 3. The topological polar surface area (TPSA) is 72.3 Å². The van der Waals surface area contributed by atoms with Crippen LogP contribution in [0, 0.1) is 5.92 Å². The number of imidazole rings is 1. The summed E-state index contributed by atoms with van der Waals surface area (Å²) in [6.45, 7) is 0.728. The first kappa shape index (κ1) is 12.3. The Morgan fingerprint density at radius 3 is 2.88 bits per heavy atom. The minimum absolute atomic E-state index is 0.0477. The first-order valence-electron chi connectivity index (χ1n) is 5.47. The molecule has 17 heavy (non-hydrogen) atoms. The standard InChI is InChI=1S/C10H15N3O3S/c1-12-6-10(11-8-12)17(15,16)13-4-2-3-9(5-13)7-14/h6-9H,2-5H2,1H3. The number of hydrogen-bond acceptors (Lipinski definition) is 4. The molecule has 94 valence electrons. The van der Waals surface area contributed by atoms with Crippen molar-refractivity contribution in [3.05, 3.63) is 12.5 Å². The van der Waals surface area contributed by atoms with Gasteiger partial charge >= 0.3 is 0 Å². The van der Waals surface area contributed by atoms with Crippen molar-refractivity contribution in [1.29, 1.82) is 0 Å². The molecule has 0 radical (unpaired) electrons. The monoisotopic (exact) mass is 257 g/mol. The Hall–Kier alpha value is -1.21. The molecule has 6 nitrogen and oxygen atoms in total. The summed E-state index contributed by atoms with van der Waals surface area (Å²) in [7, 11) is -1.82. The van der Waals surface area contributed by atoms with Gasteiger partial charge in [0.1, 0.15) is 6.29 Å². The quantitative estimate of drug-likeness (QED) is 0.716. The molecule has 0 bridgehead atoms. The summed E-state index contributed by atoms with van der Waals surface area (Å²) in [4.78, 5) is 14.6. The summed E-state index contributed by atoms with van der Waals surface area (Å²) in [5, 5.41) is 0.0477. The van der Waals surface area contributed by atoms with Gasteiger partial charge in [0.2, 0.25) is 0 Å². The van der Waals surface area contributed by atoms with Crippen LogP contribution in [0.25, 0.3) is 0 Å². The molecular weight excluding hydrogens is 242 g/mol. The highest BCUT2D eigenvalue weighted by Crippen LogP contribution is 2.21. The molecule has 0 amide bonds. The van der Waals surface area contributed by atoms with E-state index in [1.165, 1.54) is 16.8 Å². The van der Waals surface area contributed by atoms with Crippen LogP contribution >= 0.6 is 0 Å². The number of aryl methyl sites for hydroxylation is 1. The van der Waals surface area contributed by atoms with Gasteiger partial charge in [-0.3, -0.25) is 0 Å². The number of nitrogens with zero attached hydrogens (tertiary/aromatic N) is 3. The van der Waals surface area contributed by atoms with Crippen LogP contribution in [0.3, 0.4) is 0 Å². The molecule has 1 atom stereocenters. The first-order valence-corrected chi connectivity index (χ1v) is 6.91. The lowest BCUT2D eigenvalue weighted by Gasteiger charge is -2.28. The van der Waals surface area contributed by atoms with Crippen molar-refractivity contribution in [3.63, 3.8) is 0 Å². The Labute approximate surface area is 100 Å². The van der Waals surface area contributed by atoms with E-state index < -0.39 is 10.0 Å². The molecule has 0 aromatic carbocycles. The van der Waals surface area contributed by atoms with Gasteiger partial charge in [-0.1, -0.05) is 0 Å². The second kappa shape index (κ2) is 4.58. The average molecular weight is 257 g/mol. The van der Waals surface area contributed by atoms with Crippen LogP contribution in [0.1, 0.15) is 12.8 Å². The highest BCUT2D eigenvalue weighted by atomic mass is 32.2. The molecule has 0 N–H and O–H groups in total. The van der Waals surface area contributed by atoms with Crippen LogP contribution in [0.4, 0.5) is 0 Å². The molecule has 1 aliphatic heterocycles. The molecule has 7 heteroatoms. The zero-order valence-corrected chi connectivity index (χ0v) is 10.4. The largest absolute Gasteiger partial charge is 0.339 e. The minimum Gasteiger partial charge on any atom is -0.339 e. The van der Waals surface area contributed by atoms with E-state index in [2.05, 4.69) is 4.98 Å². The highest BCUT2D eigenvalue weighted by molar-refractivity contribution is 7.89. The van der Waals surface area contributed by atoms with E-state index in [0.717, 1.165) is 19.1 Å². The SMILES string of the molecule is Cn1cnc(S(=O)(=O)N2CCCC(C=O)C2)c1. The van der Waals surface area contributed by atoms with Crippen LogP contribution in [0.15, 0.2) is 17.6 Å². The Morgan fingerprint density at radius 2 is 2.29 bits per heavy atom. The Kier molecular flexibility index (Phi) is 3.30. The first-order chi connectivity index (χ1) is 8.04. The molecule has 1 saturated heterocycles. The van der Waals surface area contributed by atoms with Crippen LogP contribution in [-0.4, -0.2) is 41.6 Å². The molecule has 1 aromatic rings. The minimum atomic E-state index is -3.54. The van der Waals surface area contributed by atoms with Crippen molar-refractivity contribution in [2.45, 2.75) is 17.9 Å². The van der Waals surface area contributed by atoms with Gasteiger partial charge in [0.05, 0.1) is 6.33 Å². The zero-order chi connectivity index (χ0) is 12.5. The molecule has 2 heterocycles. The fraction of sp³-hybridized carbons (Fsp3) is 0.600. The number of carbonyl (C=O) groups is 1. The average Bonchev–Trinajstić information content (AvgIpc) is 2.76. The highest BCUT2D eigenvalue weighted by Gasteiger charge is 2.31. The number of aldehydes is 1. The normalized spacial score (nSPS) is 22.5. The molecule has 1 unspecified atom stereocenters. The summed E-state index contributed by atoms with van der Waals surface area (Å²) in [6.07, 6.45) is 5.24. The maximum atomic E-state index is 12.2. The third kappa shape index (κ3) is 2.39. The van der Waals surface area contributed by atoms with E-state index in [4.69, 9.17) is 0 Å². The summed E-state index contributed by atoms with van der Waals surface area (Å²) in [5.41, 5.74) is 0. The Balaban J connectivity index is 2.23. The predicted molar refractivity (Wildman–Crippen MR) is 60.8 cm³/mol. The van der Waals surface area contributed by atoms with Crippen LogP contribution in [-0.2, 0) is 21.9 Å². The molecule has 0 aliphatic carbocycles. The molecule has 1 fully saturated rings. The second-order valence-electron chi connectivity index (χ2n) is 4.28. The van der Waals surface area contributed by atoms with Gasteiger partial charge in [-0.15, -0.1) is 0 Å². The smallest absolute Gasteiger partial charge is 0.262 e. The summed E-state index contributed by atoms with van der Waals surface area (Å²) >= 11 is 0. The lowest BCUT2D eigenvalue weighted by molar-refractivity contribution is -0.112. The molecular formula is C10H15N3O3S. The van der Waals surface area contributed by atoms with Gasteiger partial charge in [0, 0.05) is 32.3 Å². The number of piperidine rings is 1. The van der Waals surface area contributed by atoms with E-state index in [1.54, 1.807) is 11.6 Å². The fourth-order valence-electron chi connectivity index (χ4n) is 1.96. The Morgan fingerprint density at radius 1 is 1.53 bits per heavy atom. The molecule has 2 rings (SSSR count). The number of sulfonamides is 1. The summed E-state index contributed by atoms with van der Waals surface area (Å²) in [6, 6.07) is 0. The van der Waals surface area contributed by atoms with Gasteiger partial charge in [0.25, 0.3) is 10.0 Å². The lowest BCUT2D eigenvalue weighted by Crippen LogP contribution is -2.40. The lowest BCUT2D eigenvalue weighted by atomic mass is 10.0. The van der Waals surface area contributed by atoms with Crippen molar-refractivity contribution in [3.8, 4) is 0 Å². The molecule has 0 saturated carbocycles. The maximum absolute atomic E-state index is 12.2. The van der Waals surface area contributed by atoms with Gasteiger partial charge in [-0.25, -0.2) is 13.4 Å². The van der Waals surface area contributed by atoms with Crippen LogP contribution in [0.2, 0.25) is 0 Å². The Bertz CT molecular complexity index is 509. The van der Waals surface area contributed by atoms with E-state index in [-0.39, 0.29) is 17.5 Å². The summed E-state index contributed by atoms with van der Waals surface area (Å²) < 4.78 is 27.3. The van der Waals surface area contributed by atoms with E-state index in [0.29, 0.717) is 6.54 Å². The van der Waals surface area contributed by atoms with Gasteiger partial charge < -0.3 is 9.36 Å². The number of hydrogen-bond donors (Lipinski definition) is 0. The molecule has 1 aromatic heterocycles. The van der Waals surface area contributed by atoms with Crippen LogP contribution in [0.5, 0.6) is 0 Å². The van der Waals surface area contributed by atoms with E-state index in [1.807, 2.05) is 0 Å². The number of carbonyl (C=O) groups excluding carboxylic acids is 1. The molecule has 0 spiro atoms. The van der Waals surface area contributed by atoms with Crippen molar-refractivity contribution in [2.24, 2.45) is 13.0 Å².